The number of aliphatic hydroxyl groups is 1. The summed E-state index contributed by atoms with van der Waals surface area (Å²) in [5, 5.41) is 12.8. The molecule has 1 aromatic carbocycles. The van der Waals surface area contributed by atoms with Gasteiger partial charge in [-0.25, -0.2) is 4.39 Å². The first-order chi connectivity index (χ1) is 8.11. The Balaban J connectivity index is 2.36. The summed E-state index contributed by atoms with van der Waals surface area (Å²) in [5.74, 6) is -0.218. The monoisotopic (exact) mass is 240 g/mol. The van der Waals surface area contributed by atoms with Crippen molar-refractivity contribution in [2.75, 3.05) is 26.7 Å². The van der Waals surface area contributed by atoms with Crippen molar-refractivity contribution >= 4 is 0 Å². The molecule has 2 N–H and O–H groups in total. The van der Waals surface area contributed by atoms with Gasteiger partial charge in [-0.2, -0.15) is 0 Å². The molecule has 0 saturated carbocycles. The standard InChI is InChI=1S/C13H21FN2O/c1-3-15-8-13(17)10-16(2)9-11-5-4-6-12(14)7-11/h4-7,13,15,17H,3,8-10H2,1-2H3. The number of nitrogens with zero attached hydrogens (tertiary/aromatic N) is 1. The molecule has 0 aliphatic carbocycles. The lowest BCUT2D eigenvalue weighted by Crippen LogP contribution is -2.36. The highest BCUT2D eigenvalue weighted by atomic mass is 19.1. The molecule has 0 aliphatic rings. The van der Waals surface area contributed by atoms with Crippen molar-refractivity contribution in [2.45, 2.75) is 19.6 Å². The lowest BCUT2D eigenvalue weighted by molar-refractivity contribution is 0.122. The lowest BCUT2D eigenvalue weighted by Gasteiger charge is -2.20. The molecule has 0 saturated heterocycles. The quantitative estimate of drug-likeness (QED) is 0.752. The van der Waals surface area contributed by atoms with Crippen molar-refractivity contribution in [3.63, 3.8) is 0 Å². The van der Waals surface area contributed by atoms with Crippen LogP contribution < -0.4 is 5.32 Å². The van der Waals surface area contributed by atoms with Gasteiger partial charge in [0.1, 0.15) is 5.82 Å². The number of hydrogen-bond acceptors (Lipinski definition) is 3. The van der Waals surface area contributed by atoms with Crippen molar-refractivity contribution < 1.29 is 9.50 Å². The third-order valence-corrected chi connectivity index (χ3v) is 2.49. The third kappa shape index (κ3) is 5.77. The minimum atomic E-state index is -0.395. The van der Waals surface area contributed by atoms with E-state index in [-0.39, 0.29) is 5.82 Å². The zero-order valence-electron chi connectivity index (χ0n) is 10.5. The zero-order chi connectivity index (χ0) is 12.7. The molecular weight excluding hydrogens is 219 g/mol. The van der Waals surface area contributed by atoms with E-state index >= 15 is 0 Å². The van der Waals surface area contributed by atoms with E-state index in [4.69, 9.17) is 0 Å². The summed E-state index contributed by atoms with van der Waals surface area (Å²) in [6.45, 7) is 4.66. The lowest BCUT2D eigenvalue weighted by atomic mass is 10.2. The molecule has 0 bridgehead atoms. The summed E-state index contributed by atoms with van der Waals surface area (Å²) in [7, 11) is 1.92. The normalized spacial score (nSPS) is 13.0. The molecule has 0 aliphatic heterocycles. The summed E-state index contributed by atoms with van der Waals surface area (Å²) in [4.78, 5) is 1.98. The number of hydrogen-bond donors (Lipinski definition) is 2. The first kappa shape index (κ1) is 14.1. The van der Waals surface area contributed by atoms with Crippen LogP contribution >= 0.6 is 0 Å². The van der Waals surface area contributed by atoms with Gasteiger partial charge >= 0.3 is 0 Å². The molecular formula is C13H21FN2O. The van der Waals surface area contributed by atoms with E-state index in [0.717, 1.165) is 12.1 Å². The van der Waals surface area contributed by atoms with Crippen LogP contribution in [0.4, 0.5) is 4.39 Å². The minimum Gasteiger partial charge on any atom is -0.390 e. The molecule has 4 heteroatoms. The van der Waals surface area contributed by atoms with Crippen molar-refractivity contribution in [1.82, 2.24) is 10.2 Å². The van der Waals surface area contributed by atoms with Crippen LogP contribution in [0.15, 0.2) is 24.3 Å². The minimum absolute atomic E-state index is 0.218. The van der Waals surface area contributed by atoms with E-state index in [0.29, 0.717) is 19.6 Å². The highest BCUT2D eigenvalue weighted by molar-refractivity contribution is 5.16. The summed E-state index contributed by atoms with van der Waals surface area (Å²) in [6, 6.07) is 6.54. The highest BCUT2D eigenvalue weighted by Crippen LogP contribution is 2.06. The Morgan fingerprint density at radius 2 is 2.24 bits per heavy atom. The van der Waals surface area contributed by atoms with Crippen LogP contribution in [0, 0.1) is 5.82 Å². The third-order valence-electron chi connectivity index (χ3n) is 2.49. The summed E-state index contributed by atoms with van der Waals surface area (Å²) in [6.07, 6.45) is -0.395. The Morgan fingerprint density at radius 3 is 2.88 bits per heavy atom. The second-order valence-corrected chi connectivity index (χ2v) is 4.29. The average molecular weight is 240 g/mol. The van der Waals surface area contributed by atoms with E-state index in [1.165, 1.54) is 12.1 Å². The van der Waals surface area contributed by atoms with Crippen LogP contribution in [-0.2, 0) is 6.54 Å². The fourth-order valence-electron chi connectivity index (χ4n) is 1.75. The van der Waals surface area contributed by atoms with E-state index < -0.39 is 6.10 Å². The predicted molar refractivity (Wildman–Crippen MR) is 67.3 cm³/mol. The van der Waals surface area contributed by atoms with Gasteiger partial charge in [0.05, 0.1) is 6.10 Å². The van der Waals surface area contributed by atoms with E-state index in [9.17, 15) is 9.50 Å². The Kier molecular flexibility index (Phi) is 6.11. The second-order valence-electron chi connectivity index (χ2n) is 4.29. The molecule has 0 aromatic heterocycles. The zero-order valence-corrected chi connectivity index (χ0v) is 10.5. The maximum Gasteiger partial charge on any atom is 0.123 e. The van der Waals surface area contributed by atoms with Crippen LogP contribution in [-0.4, -0.2) is 42.8 Å². The number of nitrogens with one attached hydrogen (secondary N) is 1. The fraction of sp³-hybridized carbons (Fsp3) is 0.538. The molecule has 1 rings (SSSR count). The first-order valence-corrected chi connectivity index (χ1v) is 5.93. The van der Waals surface area contributed by atoms with E-state index in [1.807, 2.05) is 24.9 Å². The molecule has 17 heavy (non-hydrogen) atoms. The molecule has 0 heterocycles. The molecule has 1 aromatic rings. The first-order valence-electron chi connectivity index (χ1n) is 5.93. The van der Waals surface area contributed by atoms with Crippen LogP contribution in [0.2, 0.25) is 0 Å². The molecule has 0 amide bonds. The fourth-order valence-corrected chi connectivity index (χ4v) is 1.75. The van der Waals surface area contributed by atoms with Crippen LogP contribution in [0.5, 0.6) is 0 Å². The van der Waals surface area contributed by atoms with Crippen molar-refractivity contribution in [2.24, 2.45) is 0 Å². The molecule has 96 valence electrons. The summed E-state index contributed by atoms with van der Waals surface area (Å²) >= 11 is 0. The van der Waals surface area contributed by atoms with Crippen molar-refractivity contribution in [3.8, 4) is 0 Å². The molecule has 1 atom stereocenters. The molecule has 1 unspecified atom stereocenters. The number of halogens is 1. The largest absolute Gasteiger partial charge is 0.390 e. The van der Waals surface area contributed by atoms with Crippen LogP contribution in [0.25, 0.3) is 0 Å². The van der Waals surface area contributed by atoms with E-state index in [1.54, 1.807) is 6.07 Å². The number of benzene rings is 1. The Morgan fingerprint density at radius 1 is 1.47 bits per heavy atom. The van der Waals surface area contributed by atoms with Gasteiger partial charge in [-0.1, -0.05) is 19.1 Å². The number of likely N-dealkylation sites (N-methyl/N-ethyl adjacent to an activating group) is 2. The summed E-state index contributed by atoms with van der Waals surface area (Å²) < 4.78 is 13.0. The topological polar surface area (TPSA) is 35.5 Å². The van der Waals surface area contributed by atoms with Gasteiger partial charge in [0.2, 0.25) is 0 Å². The van der Waals surface area contributed by atoms with Crippen molar-refractivity contribution in [1.29, 1.82) is 0 Å². The Bertz CT molecular complexity index is 333. The maximum atomic E-state index is 13.0. The summed E-state index contributed by atoms with van der Waals surface area (Å²) in [5.41, 5.74) is 0.920. The molecule has 0 fully saturated rings. The number of aliphatic hydroxyl groups excluding tert-OH is 1. The van der Waals surface area contributed by atoms with Gasteiger partial charge in [0.25, 0.3) is 0 Å². The van der Waals surface area contributed by atoms with Gasteiger partial charge in [-0.15, -0.1) is 0 Å². The van der Waals surface area contributed by atoms with Gasteiger partial charge in [-0.05, 0) is 31.3 Å². The Hall–Kier alpha value is -0.970. The smallest absolute Gasteiger partial charge is 0.123 e. The van der Waals surface area contributed by atoms with Gasteiger partial charge in [0.15, 0.2) is 0 Å². The van der Waals surface area contributed by atoms with E-state index in [2.05, 4.69) is 5.32 Å². The van der Waals surface area contributed by atoms with Crippen molar-refractivity contribution in [3.05, 3.63) is 35.6 Å². The van der Waals surface area contributed by atoms with Gasteiger partial charge < -0.3 is 10.4 Å². The Labute approximate surface area is 102 Å². The van der Waals surface area contributed by atoms with Crippen LogP contribution in [0.3, 0.4) is 0 Å². The van der Waals surface area contributed by atoms with Crippen LogP contribution in [0.1, 0.15) is 12.5 Å². The average Bonchev–Trinajstić information content (AvgIpc) is 2.26. The maximum absolute atomic E-state index is 13.0. The second kappa shape index (κ2) is 7.37. The molecule has 0 spiro atoms. The predicted octanol–water partition coefficient (Wildman–Crippen LogP) is 1.23. The molecule has 0 radical (unpaired) electrons. The van der Waals surface area contributed by atoms with Gasteiger partial charge in [0, 0.05) is 19.6 Å². The molecule has 3 nitrogen and oxygen atoms in total. The number of rotatable bonds is 7. The SMILES string of the molecule is CCNCC(O)CN(C)Cc1cccc(F)c1. The highest BCUT2D eigenvalue weighted by Gasteiger charge is 2.08. The van der Waals surface area contributed by atoms with Gasteiger partial charge in [-0.3, -0.25) is 4.90 Å².